The van der Waals surface area contributed by atoms with Gasteiger partial charge in [0.1, 0.15) is 5.82 Å². The fourth-order valence-electron chi connectivity index (χ4n) is 2.69. The number of anilines is 1. The highest BCUT2D eigenvalue weighted by atomic mass is 32.2. The van der Waals surface area contributed by atoms with E-state index in [0.29, 0.717) is 22.2 Å². The number of pyridine rings is 1. The van der Waals surface area contributed by atoms with Crippen LogP contribution >= 0.6 is 0 Å². The summed E-state index contributed by atoms with van der Waals surface area (Å²) >= 11 is 0. The Hall–Kier alpha value is -2.51. The maximum Gasteiger partial charge on any atom is 0.240 e. The molecule has 0 bridgehead atoms. The van der Waals surface area contributed by atoms with Crippen molar-refractivity contribution in [2.45, 2.75) is 18.4 Å². The number of sulfonamides is 1. The minimum absolute atomic E-state index is 0.214. The highest BCUT2D eigenvalue weighted by Crippen LogP contribution is 2.25. The first-order valence-corrected chi connectivity index (χ1v) is 9.21. The van der Waals surface area contributed by atoms with Gasteiger partial charge in [0.05, 0.1) is 10.4 Å². The Morgan fingerprint density at radius 1 is 1.12 bits per heavy atom. The van der Waals surface area contributed by atoms with Gasteiger partial charge >= 0.3 is 0 Å². The first kappa shape index (κ1) is 17.3. The average molecular weight is 359 g/mol. The minimum Gasteiger partial charge on any atom is -0.380 e. The largest absolute Gasteiger partial charge is 0.380 e. The quantitative estimate of drug-likeness (QED) is 0.734. The molecule has 0 radical (unpaired) electrons. The van der Waals surface area contributed by atoms with E-state index in [0.717, 1.165) is 5.69 Å². The molecule has 0 aliphatic carbocycles. The molecule has 3 aromatic rings. The van der Waals surface area contributed by atoms with Crippen LogP contribution in [0.2, 0.25) is 0 Å². The second-order valence-corrected chi connectivity index (χ2v) is 7.50. The standard InChI is InChI=1S/C18H18FN3O2S/c1-12-9-17(15-10-14(19)7-8-16(15)22-12)21-11-13-5-3-4-6-18(13)25(23,24)20-2/h3-10,20H,11H2,1-2H3,(H,21,22). The summed E-state index contributed by atoms with van der Waals surface area (Å²) < 4.78 is 40.2. The molecular formula is C18H18FN3O2S. The van der Waals surface area contributed by atoms with Gasteiger partial charge in [-0.05, 0) is 49.9 Å². The number of fused-ring (bicyclic) bond motifs is 1. The predicted octanol–water partition coefficient (Wildman–Crippen LogP) is 3.20. The molecule has 1 heterocycles. The fourth-order valence-corrected chi connectivity index (χ4v) is 3.65. The number of benzene rings is 2. The van der Waals surface area contributed by atoms with Gasteiger partial charge in [0.25, 0.3) is 0 Å². The van der Waals surface area contributed by atoms with E-state index in [2.05, 4.69) is 15.0 Å². The first-order valence-electron chi connectivity index (χ1n) is 7.73. The van der Waals surface area contributed by atoms with E-state index in [-0.39, 0.29) is 17.3 Å². The lowest BCUT2D eigenvalue weighted by molar-refractivity contribution is 0.587. The van der Waals surface area contributed by atoms with Crippen molar-refractivity contribution >= 4 is 26.6 Å². The molecule has 5 nitrogen and oxygen atoms in total. The van der Waals surface area contributed by atoms with Crippen LogP contribution in [0, 0.1) is 12.7 Å². The van der Waals surface area contributed by atoms with E-state index in [1.165, 1.54) is 19.2 Å². The predicted molar refractivity (Wildman–Crippen MR) is 96.5 cm³/mol. The number of nitrogens with zero attached hydrogens (tertiary/aromatic N) is 1. The number of halogens is 1. The maximum atomic E-state index is 13.6. The van der Waals surface area contributed by atoms with Crippen molar-refractivity contribution in [3.63, 3.8) is 0 Å². The molecule has 3 rings (SSSR count). The zero-order valence-electron chi connectivity index (χ0n) is 13.9. The van der Waals surface area contributed by atoms with Gasteiger partial charge in [-0.2, -0.15) is 0 Å². The van der Waals surface area contributed by atoms with Crippen molar-refractivity contribution in [3.05, 3.63) is 65.6 Å². The van der Waals surface area contributed by atoms with Crippen LogP contribution in [0.15, 0.2) is 53.4 Å². The summed E-state index contributed by atoms with van der Waals surface area (Å²) in [4.78, 5) is 4.60. The van der Waals surface area contributed by atoms with Crippen LogP contribution in [0.3, 0.4) is 0 Å². The highest BCUT2D eigenvalue weighted by Gasteiger charge is 2.16. The molecule has 130 valence electrons. The Labute approximate surface area is 146 Å². The lowest BCUT2D eigenvalue weighted by atomic mass is 10.1. The Morgan fingerprint density at radius 2 is 1.88 bits per heavy atom. The third-order valence-electron chi connectivity index (χ3n) is 3.90. The topological polar surface area (TPSA) is 71.1 Å². The van der Waals surface area contributed by atoms with E-state index in [1.54, 1.807) is 30.3 Å². The van der Waals surface area contributed by atoms with Gasteiger partial charge < -0.3 is 5.32 Å². The van der Waals surface area contributed by atoms with Crippen molar-refractivity contribution in [2.24, 2.45) is 0 Å². The molecule has 7 heteroatoms. The SMILES string of the molecule is CNS(=O)(=O)c1ccccc1CNc1cc(C)nc2ccc(F)cc12. The van der Waals surface area contributed by atoms with Crippen molar-refractivity contribution in [1.82, 2.24) is 9.71 Å². The summed E-state index contributed by atoms with van der Waals surface area (Å²) in [6.45, 7) is 2.14. The van der Waals surface area contributed by atoms with Crippen molar-refractivity contribution in [3.8, 4) is 0 Å². The molecule has 2 aromatic carbocycles. The van der Waals surface area contributed by atoms with Crippen LogP contribution in [0.5, 0.6) is 0 Å². The Morgan fingerprint density at radius 3 is 2.64 bits per heavy atom. The molecule has 0 aliphatic rings. The number of nitrogens with one attached hydrogen (secondary N) is 2. The van der Waals surface area contributed by atoms with Gasteiger partial charge in [0.15, 0.2) is 0 Å². The molecule has 2 N–H and O–H groups in total. The van der Waals surface area contributed by atoms with Crippen LogP contribution < -0.4 is 10.0 Å². The molecule has 25 heavy (non-hydrogen) atoms. The second-order valence-electron chi connectivity index (χ2n) is 5.64. The van der Waals surface area contributed by atoms with Gasteiger partial charge in [0, 0.05) is 23.3 Å². The van der Waals surface area contributed by atoms with E-state index in [9.17, 15) is 12.8 Å². The summed E-state index contributed by atoms with van der Waals surface area (Å²) in [6.07, 6.45) is 0. The lowest BCUT2D eigenvalue weighted by Gasteiger charge is -2.13. The van der Waals surface area contributed by atoms with Crippen LogP contribution in [-0.2, 0) is 16.6 Å². The third-order valence-corrected chi connectivity index (χ3v) is 5.41. The summed E-state index contributed by atoms with van der Waals surface area (Å²) in [7, 11) is -2.18. The molecule has 0 amide bonds. The lowest BCUT2D eigenvalue weighted by Crippen LogP contribution is -2.20. The summed E-state index contributed by atoms with van der Waals surface area (Å²) in [5, 5.41) is 3.86. The molecule has 0 fully saturated rings. The summed E-state index contributed by atoms with van der Waals surface area (Å²) in [6, 6.07) is 13.0. The first-order chi connectivity index (χ1) is 11.9. The van der Waals surface area contributed by atoms with Crippen LogP contribution in [-0.4, -0.2) is 20.4 Å². The molecule has 0 saturated carbocycles. The summed E-state index contributed by atoms with van der Waals surface area (Å²) in [5.41, 5.74) is 2.80. The molecule has 0 unspecified atom stereocenters. The van der Waals surface area contributed by atoms with Crippen molar-refractivity contribution < 1.29 is 12.8 Å². The number of hydrogen-bond donors (Lipinski definition) is 2. The zero-order chi connectivity index (χ0) is 18.0. The van der Waals surface area contributed by atoms with Gasteiger partial charge in [-0.25, -0.2) is 17.5 Å². The third kappa shape index (κ3) is 3.62. The molecule has 0 atom stereocenters. The van der Waals surface area contributed by atoms with E-state index in [4.69, 9.17) is 0 Å². The minimum atomic E-state index is -3.55. The van der Waals surface area contributed by atoms with Crippen molar-refractivity contribution in [1.29, 1.82) is 0 Å². The number of aromatic nitrogens is 1. The molecule has 0 aliphatic heterocycles. The monoisotopic (exact) mass is 359 g/mol. The number of rotatable bonds is 5. The smallest absolute Gasteiger partial charge is 0.240 e. The van der Waals surface area contributed by atoms with Crippen molar-refractivity contribution in [2.75, 3.05) is 12.4 Å². The molecule has 1 aromatic heterocycles. The van der Waals surface area contributed by atoms with Gasteiger partial charge in [-0.1, -0.05) is 18.2 Å². The zero-order valence-corrected chi connectivity index (χ0v) is 14.7. The second kappa shape index (κ2) is 6.78. The van der Waals surface area contributed by atoms with Gasteiger partial charge in [0.2, 0.25) is 10.0 Å². The normalized spacial score (nSPS) is 11.6. The van der Waals surface area contributed by atoms with Crippen LogP contribution in [0.25, 0.3) is 10.9 Å². The van der Waals surface area contributed by atoms with E-state index in [1.807, 2.05) is 13.0 Å². The maximum absolute atomic E-state index is 13.6. The summed E-state index contributed by atoms with van der Waals surface area (Å²) in [5.74, 6) is -0.348. The molecule has 0 spiro atoms. The number of hydrogen-bond acceptors (Lipinski definition) is 4. The van der Waals surface area contributed by atoms with E-state index >= 15 is 0 Å². The Bertz CT molecular complexity index is 1040. The molecular weight excluding hydrogens is 341 g/mol. The van der Waals surface area contributed by atoms with Gasteiger partial charge in [-0.3, -0.25) is 4.98 Å². The van der Waals surface area contributed by atoms with Crippen LogP contribution in [0.4, 0.5) is 10.1 Å². The Kier molecular flexibility index (Phi) is 4.69. The average Bonchev–Trinajstić information content (AvgIpc) is 2.60. The molecule has 0 saturated heterocycles. The Balaban J connectivity index is 1.98. The fraction of sp³-hybridized carbons (Fsp3) is 0.167. The van der Waals surface area contributed by atoms with Gasteiger partial charge in [-0.15, -0.1) is 0 Å². The highest BCUT2D eigenvalue weighted by molar-refractivity contribution is 7.89. The van der Waals surface area contributed by atoms with Crippen LogP contribution in [0.1, 0.15) is 11.3 Å². The van der Waals surface area contributed by atoms with E-state index < -0.39 is 10.0 Å². The number of aryl methyl sites for hydroxylation is 1.